The Kier molecular flexibility index (Phi) is 3.22. The van der Waals surface area contributed by atoms with Gasteiger partial charge in [-0.3, -0.25) is 14.7 Å². The average molecular weight is 297 g/mol. The molecular formula is C17H19N3O2. The molecule has 22 heavy (non-hydrogen) atoms. The molecule has 4 rings (SSSR count). The van der Waals surface area contributed by atoms with Gasteiger partial charge >= 0.3 is 0 Å². The van der Waals surface area contributed by atoms with E-state index in [1.807, 2.05) is 17.2 Å². The van der Waals surface area contributed by atoms with Gasteiger partial charge in [-0.05, 0) is 24.1 Å². The van der Waals surface area contributed by atoms with Crippen molar-refractivity contribution in [2.45, 2.75) is 13.0 Å². The second kappa shape index (κ2) is 5.25. The molecule has 2 aliphatic heterocycles. The summed E-state index contributed by atoms with van der Waals surface area (Å²) in [4.78, 5) is 20.9. The second-order valence-electron chi connectivity index (χ2n) is 6.50. The summed E-state index contributed by atoms with van der Waals surface area (Å²) in [5.74, 6) is 0.0938. The van der Waals surface area contributed by atoms with E-state index in [2.05, 4.69) is 16.0 Å². The number of hydrogen-bond acceptors (Lipinski definition) is 4. The Bertz CT molecular complexity index is 648. The first-order valence-corrected chi connectivity index (χ1v) is 7.67. The predicted octanol–water partition coefficient (Wildman–Crippen LogP) is 2.02. The number of rotatable bonds is 3. The normalized spacial score (nSPS) is 20.3. The molecule has 0 N–H and O–H groups in total. The summed E-state index contributed by atoms with van der Waals surface area (Å²) in [5, 5.41) is 0. The van der Waals surface area contributed by atoms with E-state index in [0.29, 0.717) is 11.0 Å². The van der Waals surface area contributed by atoms with Gasteiger partial charge in [-0.15, -0.1) is 0 Å². The smallest absolute Gasteiger partial charge is 0.257 e. The largest absolute Gasteiger partial charge is 0.472 e. The highest BCUT2D eigenvalue weighted by molar-refractivity contribution is 5.94. The lowest BCUT2D eigenvalue weighted by molar-refractivity contribution is 0.00254. The highest BCUT2D eigenvalue weighted by atomic mass is 16.3. The molecular weight excluding hydrogens is 278 g/mol. The third-order valence-corrected chi connectivity index (χ3v) is 4.74. The first kappa shape index (κ1) is 13.5. The third kappa shape index (κ3) is 2.41. The van der Waals surface area contributed by atoms with Crippen LogP contribution in [0.1, 0.15) is 22.3 Å². The number of likely N-dealkylation sites (tertiary alicyclic amines) is 2. The standard InChI is InChI=1S/C17H19N3O2/c21-16(15-3-7-22-10-15)20-6-4-17(13-20)11-19(12-17)9-14-2-1-5-18-8-14/h1-3,5,7-8,10H,4,6,9,11-13H2. The molecule has 2 aliphatic rings. The fourth-order valence-corrected chi connectivity index (χ4v) is 3.70. The van der Waals surface area contributed by atoms with Gasteiger partial charge in [-0.25, -0.2) is 0 Å². The summed E-state index contributed by atoms with van der Waals surface area (Å²) in [5.41, 5.74) is 2.20. The second-order valence-corrected chi connectivity index (χ2v) is 6.50. The summed E-state index contributed by atoms with van der Waals surface area (Å²) in [7, 11) is 0. The molecule has 0 radical (unpaired) electrons. The average Bonchev–Trinajstić information content (AvgIpc) is 3.17. The number of aromatic nitrogens is 1. The summed E-state index contributed by atoms with van der Waals surface area (Å²) in [6, 6.07) is 5.83. The number of pyridine rings is 1. The molecule has 0 saturated carbocycles. The van der Waals surface area contributed by atoms with Gasteiger partial charge in [0.15, 0.2) is 0 Å². The zero-order valence-corrected chi connectivity index (χ0v) is 12.4. The van der Waals surface area contributed by atoms with Crippen LogP contribution in [0.15, 0.2) is 47.5 Å². The van der Waals surface area contributed by atoms with Gasteiger partial charge in [0.25, 0.3) is 5.91 Å². The van der Waals surface area contributed by atoms with E-state index in [-0.39, 0.29) is 5.91 Å². The molecule has 2 aromatic heterocycles. The fourth-order valence-electron chi connectivity index (χ4n) is 3.70. The van der Waals surface area contributed by atoms with Gasteiger partial charge < -0.3 is 9.32 Å². The van der Waals surface area contributed by atoms with E-state index >= 15 is 0 Å². The molecule has 114 valence electrons. The van der Waals surface area contributed by atoms with E-state index in [9.17, 15) is 4.79 Å². The Morgan fingerprint density at radius 3 is 2.95 bits per heavy atom. The maximum Gasteiger partial charge on any atom is 0.257 e. The van der Waals surface area contributed by atoms with Crippen LogP contribution in [0.4, 0.5) is 0 Å². The van der Waals surface area contributed by atoms with Gasteiger partial charge in [-0.2, -0.15) is 0 Å². The predicted molar refractivity (Wildman–Crippen MR) is 81.2 cm³/mol. The Balaban J connectivity index is 1.33. The number of furan rings is 1. The Morgan fingerprint density at radius 1 is 1.32 bits per heavy atom. The number of hydrogen-bond donors (Lipinski definition) is 0. The van der Waals surface area contributed by atoms with Gasteiger partial charge in [-0.1, -0.05) is 6.07 Å². The maximum absolute atomic E-state index is 12.4. The van der Waals surface area contributed by atoms with Crippen LogP contribution in [0, 0.1) is 5.41 Å². The highest BCUT2D eigenvalue weighted by Gasteiger charge is 2.48. The number of carbonyl (C=O) groups is 1. The van der Waals surface area contributed by atoms with Gasteiger partial charge in [0.05, 0.1) is 11.8 Å². The molecule has 2 saturated heterocycles. The quantitative estimate of drug-likeness (QED) is 0.870. The molecule has 0 atom stereocenters. The minimum atomic E-state index is 0.0938. The van der Waals surface area contributed by atoms with Crippen LogP contribution in [-0.2, 0) is 6.54 Å². The van der Waals surface area contributed by atoms with Crippen molar-refractivity contribution in [2.24, 2.45) is 5.41 Å². The van der Waals surface area contributed by atoms with Gasteiger partial charge in [0.1, 0.15) is 6.26 Å². The molecule has 1 amide bonds. The van der Waals surface area contributed by atoms with Crippen molar-refractivity contribution in [1.29, 1.82) is 0 Å². The van der Waals surface area contributed by atoms with Crippen LogP contribution in [0.3, 0.4) is 0 Å². The molecule has 0 unspecified atom stereocenters. The van der Waals surface area contributed by atoms with Crippen molar-refractivity contribution in [3.8, 4) is 0 Å². The van der Waals surface area contributed by atoms with Crippen LogP contribution < -0.4 is 0 Å². The molecule has 4 heterocycles. The summed E-state index contributed by atoms with van der Waals surface area (Å²) in [6.45, 7) is 4.80. The van der Waals surface area contributed by atoms with E-state index in [1.54, 1.807) is 18.5 Å². The first-order valence-electron chi connectivity index (χ1n) is 7.67. The molecule has 2 aromatic rings. The summed E-state index contributed by atoms with van der Waals surface area (Å²) < 4.78 is 5.01. The highest BCUT2D eigenvalue weighted by Crippen LogP contribution is 2.40. The van der Waals surface area contributed by atoms with Crippen molar-refractivity contribution in [3.05, 3.63) is 54.2 Å². The molecule has 5 heteroatoms. The summed E-state index contributed by atoms with van der Waals surface area (Å²) in [6.07, 6.45) is 7.91. The van der Waals surface area contributed by atoms with Crippen molar-refractivity contribution in [2.75, 3.05) is 26.2 Å². The molecule has 0 bridgehead atoms. The van der Waals surface area contributed by atoms with E-state index in [0.717, 1.165) is 39.1 Å². The monoisotopic (exact) mass is 297 g/mol. The van der Waals surface area contributed by atoms with Crippen molar-refractivity contribution < 1.29 is 9.21 Å². The zero-order valence-electron chi connectivity index (χ0n) is 12.4. The van der Waals surface area contributed by atoms with Crippen molar-refractivity contribution >= 4 is 5.91 Å². The Morgan fingerprint density at radius 2 is 2.23 bits per heavy atom. The van der Waals surface area contributed by atoms with Crippen LogP contribution in [0.2, 0.25) is 0 Å². The van der Waals surface area contributed by atoms with Crippen molar-refractivity contribution in [1.82, 2.24) is 14.8 Å². The van der Waals surface area contributed by atoms with Crippen LogP contribution >= 0.6 is 0 Å². The number of nitrogens with zero attached hydrogens (tertiary/aromatic N) is 3. The SMILES string of the molecule is O=C(c1ccoc1)N1CCC2(CN(Cc3cccnc3)C2)C1. The third-order valence-electron chi connectivity index (χ3n) is 4.74. The van der Waals surface area contributed by atoms with Crippen LogP contribution in [-0.4, -0.2) is 46.9 Å². The lowest BCUT2D eigenvalue weighted by atomic mass is 9.79. The molecule has 0 aliphatic carbocycles. The lowest BCUT2D eigenvalue weighted by Gasteiger charge is -2.48. The Hall–Kier alpha value is -2.14. The molecule has 1 spiro atoms. The minimum Gasteiger partial charge on any atom is -0.472 e. The maximum atomic E-state index is 12.4. The van der Waals surface area contributed by atoms with E-state index in [4.69, 9.17) is 4.42 Å². The summed E-state index contributed by atoms with van der Waals surface area (Å²) >= 11 is 0. The van der Waals surface area contributed by atoms with Crippen LogP contribution in [0.5, 0.6) is 0 Å². The van der Waals surface area contributed by atoms with Crippen molar-refractivity contribution in [3.63, 3.8) is 0 Å². The van der Waals surface area contributed by atoms with Gasteiger partial charge in [0.2, 0.25) is 0 Å². The minimum absolute atomic E-state index is 0.0938. The molecule has 5 nitrogen and oxygen atoms in total. The van der Waals surface area contributed by atoms with E-state index in [1.165, 1.54) is 11.8 Å². The molecule has 2 fully saturated rings. The lowest BCUT2D eigenvalue weighted by Crippen LogP contribution is -2.57. The molecule has 0 aromatic carbocycles. The number of amides is 1. The van der Waals surface area contributed by atoms with Gasteiger partial charge in [0, 0.05) is 50.5 Å². The Labute approximate surface area is 129 Å². The number of carbonyl (C=O) groups excluding carboxylic acids is 1. The topological polar surface area (TPSA) is 49.6 Å². The first-order chi connectivity index (χ1) is 10.7. The fraction of sp³-hybridized carbons (Fsp3) is 0.412. The van der Waals surface area contributed by atoms with Crippen LogP contribution in [0.25, 0.3) is 0 Å². The van der Waals surface area contributed by atoms with E-state index < -0.39 is 0 Å². The zero-order chi connectivity index (χ0) is 15.0.